The van der Waals surface area contributed by atoms with Gasteiger partial charge in [0.25, 0.3) is 0 Å². The number of rotatable bonds is 3. The number of hydrogen-bond donors (Lipinski definition) is 0. The van der Waals surface area contributed by atoms with Gasteiger partial charge in [-0.3, -0.25) is 14.1 Å². The minimum absolute atomic E-state index is 0.401. The van der Waals surface area contributed by atoms with Crippen LogP contribution in [0.15, 0.2) is 33.8 Å². The molecule has 0 spiro atoms. The molecule has 2 rings (SSSR count). The van der Waals surface area contributed by atoms with Gasteiger partial charge in [-0.1, -0.05) is 5.16 Å². The largest absolute Gasteiger partial charge is 0.441 e. The Morgan fingerprint density at radius 2 is 2.13 bits per heavy atom. The van der Waals surface area contributed by atoms with Crippen LogP contribution in [0, 0.1) is 0 Å². The van der Waals surface area contributed by atoms with Crippen molar-refractivity contribution in [2.24, 2.45) is 0 Å². The molecule has 0 aliphatic carbocycles. The van der Waals surface area contributed by atoms with E-state index in [9.17, 15) is 4.79 Å². The highest BCUT2D eigenvalue weighted by atomic mass is 16.5. The van der Waals surface area contributed by atoms with E-state index in [4.69, 9.17) is 0 Å². The standard InChI is InChI=1S/C10H11N3O2/c1-2-13-9(12-15-10(13)14)7-8-3-5-11-6-4-8/h3-6H,2,7H2,1H3. The van der Waals surface area contributed by atoms with E-state index < -0.39 is 5.76 Å². The fourth-order valence-corrected chi connectivity index (χ4v) is 1.42. The van der Waals surface area contributed by atoms with Crippen LogP contribution in [0.3, 0.4) is 0 Å². The van der Waals surface area contributed by atoms with E-state index in [1.54, 1.807) is 12.4 Å². The third-order valence-corrected chi connectivity index (χ3v) is 2.19. The van der Waals surface area contributed by atoms with Crippen molar-refractivity contribution < 1.29 is 4.52 Å². The summed E-state index contributed by atoms with van der Waals surface area (Å²) in [7, 11) is 0. The topological polar surface area (TPSA) is 60.9 Å². The van der Waals surface area contributed by atoms with Gasteiger partial charge < -0.3 is 0 Å². The lowest BCUT2D eigenvalue weighted by atomic mass is 10.2. The Bertz CT molecular complexity index is 487. The van der Waals surface area contributed by atoms with Crippen molar-refractivity contribution in [1.29, 1.82) is 0 Å². The minimum Gasteiger partial charge on any atom is -0.296 e. The van der Waals surface area contributed by atoms with Gasteiger partial charge in [0.2, 0.25) is 0 Å². The predicted octanol–water partition coefficient (Wildman–Crippen LogP) is 0.842. The average Bonchev–Trinajstić information content (AvgIpc) is 2.61. The van der Waals surface area contributed by atoms with E-state index in [1.807, 2.05) is 19.1 Å². The first kappa shape index (κ1) is 9.64. The van der Waals surface area contributed by atoms with Gasteiger partial charge >= 0.3 is 5.76 Å². The van der Waals surface area contributed by atoms with Crippen molar-refractivity contribution in [1.82, 2.24) is 14.7 Å². The molecule has 0 saturated carbocycles. The number of aromatic nitrogens is 3. The van der Waals surface area contributed by atoms with Crippen LogP contribution in [-0.2, 0) is 13.0 Å². The van der Waals surface area contributed by atoms with E-state index in [1.165, 1.54) is 4.57 Å². The number of nitrogens with zero attached hydrogens (tertiary/aromatic N) is 3. The maximum Gasteiger partial charge on any atom is 0.441 e. The van der Waals surface area contributed by atoms with Gasteiger partial charge in [-0.25, -0.2) is 4.79 Å². The molecule has 0 radical (unpaired) electrons. The molecule has 0 atom stereocenters. The van der Waals surface area contributed by atoms with Crippen LogP contribution in [0.1, 0.15) is 18.3 Å². The molecule has 5 nitrogen and oxygen atoms in total. The normalized spacial score (nSPS) is 10.5. The van der Waals surface area contributed by atoms with Gasteiger partial charge in [-0.15, -0.1) is 0 Å². The molecule has 0 unspecified atom stereocenters. The van der Waals surface area contributed by atoms with Crippen molar-refractivity contribution in [3.8, 4) is 0 Å². The van der Waals surface area contributed by atoms with Gasteiger partial charge in [-0.2, -0.15) is 0 Å². The first-order valence-electron chi connectivity index (χ1n) is 4.75. The summed E-state index contributed by atoms with van der Waals surface area (Å²) in [6.07, 6.45) is 4.01. The van der Waals surface area contributed by atoms with Crippen molar-refractivity contribution in [3.05, 3.63) is 46.5 Å². The average molecular weight is 205 g/mol. The predicted molar refractivity (Wildman–Crippen MR) is 53.5 cm³/mol. The van der Waals surface area contributed by atoms with E-state index in [0.29, 0.717) is 18.8 Å². The van der Waals surface area contributed by atoms with Gasteiger partial charge in [0, 0.05) is 25.4 Å². The van der Waals surface area contributed by atoms with Crippen molar-refractivity contribution in [2.75, 3.05) is 0 Å². The SMILES string of the molecule is CCn1c(Cc2ccncc2)noc1=O. The quantitative estimate of drug-likeness (QED) is 0.745. The second-order valence-corrected chi connectivity index (χ2v) is 3.14. The Balaban J connectivity index is 2.29. The molecule has 0 N–H and O–H groups in total. The van der Waals surface area contributed by atoms with Crippen LogP contribution >= 0.6 is 0 Å². The van der Waals surface area contributed by atoms with Crippen molar-refractivity contribution in [3.63, 3.8) is 0 Å². The summed E-state index contributed by atoms with van der Waals surface area (Å²) < 4.78 is 6.11. The fraction of sp³-hybridized carbons (Fsp3) is 0.300. The van der Waals surface area contributed by atoms with E-state index in [2.05, 4.69) is 14.7 Å². The van der Waals surface area contributed by atoms with Gasteiger partial charge in [0.05, 0.1) is 0 Å². The summed E-state index contributed by atoms with van der Waals surface area (Å²) in [5, 5.41) is 3.74. The second-order valence-electron chi connectivity index (χ2n) is 3.14. The molecule has 0 aliphatic heterocycles. The van der Waals surface area contributed by atoms with Crippen LogP contribution in [0.4, 0.5) is 0 Å². The molecule has 78 valence electrons. The minimum atomic E-state index is -0.401. The first-order valence-corrected chi connectivity index (χ1v) is 4.75. The second kappa shape index (κ2) is 4.08. The summed E-state index contributed by atoms with van der Waals surface area (Å²) in [5.74, 6) is 0.246. The van der Waals surface area contributed by atoms with Crippen molar-refractivity contribution >= 4 is 0 Å². The Morgan fingerprint density at radius 3 is 2.80 bits per heavy atom. The Morgan fingerprint density at radius 1 is 1.40 bits per heavy atom. The molecule has 0 amide bonds. The Kier molecular flexibility index (Phi) is 2.62. The van der Waals surface area contributed by atoms with Crippen LogP contribution in [0.2, 0.25) is 0 Å². The highest BCUT2D eigenvalue weighted by Gasteiger charge is 2.08. The number of hydrogen-bond acceptors (Lipinski definition) is 4. The molecule has 0 fully saturated rings. The maximum atomic E-state index is 11.2. The van der Waals surface area contributed by atoms with Gasteiger partial charge in [0.1, 0.15) is 0 Å². The zero-order valence-electron chi connectivity index (χ0n) is 8.38. The monoisotopic (exact) mass is 205 g/mol. The van der Waals surface area contributed by atoms with E-state index >= 15 is 0 Å². The molecular formula is C10H11N3O2. The third kappa shape index (κ3) is 1.96. The lowest BCUT2D eigenvalue weighted by molar-refractivity contribution is 0.374. The molecule has 0 bridgehead atoms. The molecule has 5 heteroatoms. The summed E-state index contributed by atoms with van der Waals surface area (Å²) >= 11 is 0. The van der Waals surface area contributed by atoms with Gasteiger partial charge in [0.15, 0.2) is 5.82 Å². The van der Waals surface area contributed by atoms with Crippen LogP contribution in [0.25, 0.3) is 0 Å². The highest BCUT2D eigenvalue weighted by Crippen LogP contribution is 2.04. The third-order valence-electron chi connectivity index (χ3n) is 2.19. The maximum absolute atomic E-state index is 11.2. The summed E-state index contributed by atoms with van der Waals surface area (Å²) in [6, 6.07) is 3.78. The Labute approximate surface area is 86.4 Å². The molecule has 0 aromatic carbocycles. The summed E-state index contributed by atoms with van der Waals surface area (Å²) in [4.78, 5) is 15.1. The first-order chi connectivity index (χ1) is 7.31. The van der Waals surface area contributed by atoms with E-state index in [0.717, 1.165) is 5.56 Å². The lowest BCUT2D eigenvalue weighted by Gasteiger charge is -2.00. The number of pyridine rings is 1. The smallest absolute Gasteiger partial charge is 0.296 e. The summed E-state index contributed by atoms with van der Waals surface area (Å²) in [5.41, 5.74) is 1.06. The zero-order valence-corrected chi connectivity index (χ0v) is 8.38. The van der Waals surface area contributed by atoms with Crippen LogP contribution in [0.5, 0.6) is 0 Å². The van der Waals surface area contributed by atoms with Crippen molar-refractivity contribution in [2.45, 2.75) is 19.9 Å². The molecular weight excluding hydrogens is 194 g/mol. The molecule has 2 heterocycles. The molecule has 0 aliphatic rings. The highest BCUT2D eigenvalue weighted by molar-refractivity contribution is 5.14. The molecule has 2 aromatic heterocycles. The summed E-state index contributed by atoms with van der Waals surface area (Å²) in [6.45, 7) is 2.46. The molecule has 0 saturated heterocycles. The Hall–Kier alpha value is -1.91. The van der Waals surface area contributed by atoms with E-state index in [-0.39, 0.29) is 0 Å². The zero-order chi connectivity index (χ0) is 10.7. The fourth-order valence-electron chi connectivity index (χ4n) is 1.42. The molecule has 15 heavy (non-hydrogen) atoms. The van der Waals surface area contributed by atoms with Crippen LogP contribution < -0.4 is 5.76 Å². The molecule has 2 aromatic rings. The van der Waals surface area contributed by atoms with Gasteiger partial charge in [-0.05, 0) is 24.6 Å². The lowest BCUT2D eigenvalue weighted by Crippen LogP contribution is -2.15. The van der Waals surface area contributed by atoms with Crippen LogP contribution in [-0.4, -0.2) is 14.7 Å².